The summed E-state index contributed by atoms with van der Waals surface area (Å²) in [5, 5.41) is 3.25. The molecule has 1 saturated heterocycles. The van der Waals surface area contributed by atoms with Crippen LogP contribution in [0.2, 0.25) is 0 Å². The molecule has 1 aliphatic rings. The highest BCUT2D eigenvalue weighted by Gasteiger charge is 2.21. The van der Waals surface area contributed by atoms with E-state index in [2.05, 4.69) is 5.32 Å². The van der Waals surface area contributed by atoms with Crippen molar-refractivity contribution in [3.8, 4) is 5.75 Å². The summed E-state index contributed by atoms with van der Waals surface area (Å²) < 4.78 is 24.0. The molecule has 3 nitrogen and oxygen atoms in total. The molecule has 0 radical (unpaired) electrons. The Labute approximate surface area is 107 Å². The van der Waals surface area contributed by atoms with Gasteiger partial charge in [-0.25, -0.2) is 4.39 Å². The van der Waals surface area contributed by atoms with E-state index in [1.807, 2.05) is 13.1 Å². The summed E-state index contributed by atoms with van der Waals surface area (Å²) in [6, 6.07) is 5.31. The summed E-state index contributed by atoms with van der Waals surface area (Å²) in [6.45, 7) is 1.66. The smallest absolute Gasteiger partial charge is 0.165 e. The maximum Gasteiger partial charge on any atom is 0.165 e. The topological polar surface area (TPSA) is 30.5 Å². The van der Waals surface area contributed by atoms with Crippen molar-refractivity contribution < 1.29 is 13.9 Å². The Kier molecular flexibility index (Phi) is 4.55. The molecule has 0 aromatic heterocycles. The highest BCUT2D eigenvalue weighted by atomic mass is 19.1. The quantitative estimate of drug-likeness (QED) is 0.874. The number of nitrogens with one attached hydrogen (secondary N) is 1. The molecule has 0 amide bonds. The van der Waals surface area contributed by atoms with E-state index in [1.165, 1.54) is 7.11 Å². The second kappa shape index (κ2) is 6.16. The van der Waals surface area contributed by atoms with Crippen LogP contribution >= 0.6 is 0 Å². The van der Waals surface area contributed by atoms with Gasteiger partial charge in [0.15, 0.2) is 11.6 Å². The molecule has 18 heavy (non-hydrogen) atoms. The molecular weight excluding hydrogens is 233 g/mol. The Morgan fingerprint density at radius 1 is 1.56 bits per heavy atom. The summed E-state index contributed by atoms with van der Waals surface area (Å²) in [6.07, 6.45) is 2.07. The fraction of sp³-hybridized carbons (Fsp3) is 0.571. The molecule has 1 fully saturated rings. The number of methoxy groups -OCH3 is 1. The molecular formula is C14H20FNO2. The molecule has 0 spiro atoms. The summed E-state index contributed by atoms with van der Waals surface area (Å²) in [7, 11) is 3.38. The number of rotatable bonds is 5. The third-order valence-corrected chi connectivity index (χ3v) is 3.52. The summed E-state index contributed by atoms with van der Waals surface area (Å²) >= 11 is 0. The molecule has 4 heteroatoms. The van der Waals surface area contributed by atoms with Crippen LogP contribution in [0, 0.1) is 11.7 Å². The minimum atomic E-state index is -0.307. The van der Waals surface area contributed by atoms with Crippen molar-refractivity contribution in [3.05, 3.63) is 29.6 Å². The lowest BCUT2D eigenvalue weighted by molar-refractivity contribution is 0.181. The zero-order chi connectivity index (χ0) is 13.0. The van der Waals surface area contributed by atoms with Crippen LogP contribution in [0.4, 0.5) is 4.39 Å². The predicted octanol–water partition coefficient (Wildman–Crippen LogP) is 2.52. The molecule has 0 saturated carbocycles. The Morgan fingerprint density at radius 3 is 2.94 bits per heavy atom. The minimum Gasteiger partial charge on any atom is -0.494 e. The van der Waals surface area contributed by atoms with Gasteiger partial charge < -0.3 is 14.8 Å². The van der Waals surface area contributed by atoms with Gasteiger partial charge in [0.05, 0.1) is 7.11 Å². The second-order valence-corrected chi connectivity index (χ2v) is 4.70. The average molecular weight is 253 g/mol. The van der Waals surface area contributed by atoms with Crippen molar-refractivity contribution in [2.75, 3.05) is 27.4 Å². The van der Waals surface area contributed by atoms with Crippen LogP contribution in [0.1, 0.15) is 24.4 Å². The number of hydrogen-bond acceptors (Lipinski definition) is 3. The van der Waals surface area contributed by atoms with Gasteiger partial charge in [-0.15, -0.1) is 0 Å². The van der Waals surface area contributed by atoms with Gasteiger partial charge in [0.2, 0.25) is 0 Å². The van der Waals surface area contributed by atoms with Crippen LogP contribution in [-0.2, 0) is 4.74 Å². The zero-order valence-electron chi connectivity index (χ0n) is 10.9. The van der Waals surface area contributed by atoms with Crippen LogP contribution in [0.3, 0.4) is 0 Å². The van der Waals surface area contributed by atoms with Gasteiger partial charge in [0.1, 0.15) is 0 Å². The van der Waals surface area contributed by atoms with E-state index < -0.39 is 0 Å². The van der Waals surface area contributed by atoms with Crippen LogP contribution in [0.25, 0.3) is 0 Å². The van der Waals surface area contributed by atoms with E-state index >= 15 is 0 Å². The third-order valence-electron chi connectivity index (χ3n) is 3.52. The van der Waals surface area contributed by atoms with Crippen molar-refractivity contribution in [2.45, 2.75) is 18.9 Å². The fourth-order valence-corrected chi connectivity index (χ4v) is 2.42. The van der Waals surface area contributed by atoms with Crippen molar-refractivity contribution in [1.29, 1.82) is 0 Å². The van der Waals surface area contributed by atoms with Crippen molar-refractivity contribution in [2.24, 2.45) is 5.92 Å². The number of hydrogen-bond donors (Lipinski definition) is 1. The SMILES string of the molecule is CNC(CC1CCOC1)c1ccc(OC)c(F)c1. The molecule has 2 atom stereocenters. The lowest BCUT2D eigenvalue weighted by atomic mass is 9.94. The first-order chi connectivity index (χ1) is 8.74. The van der Waals surface area contributed by atoms with Gasteiger partial charge in [0.25, 0.3) is 0 Å². The number of ether oxygens (including phenoxy) is 2. The third kappa shape index (κ3) is 3.00. The zero-order valence-corrected chi connectivity index (χ0v) is 10.9. The Bertz CT molecular complexity index is 391. The van der Waals surface area contributed by atoms with Gasteiger partial charge in [-0.05, 0) is 43.5 Å². The maximum absolute atomic E-state index is 13.7. The molecule has 2 rings (SSSR count). The van der Waals surface area contributed by atoms with Crippen LogP contribution in [0.5, 0.6) is 5.75 Å². The number of halogens is 1. The van der Waals surface area contributed by atoms with E-state index in [4.69, 9.17) is 9.47 Å². The van der Waals surface area contributed by atoms with Crippen molar-refractivity contribution in [1.82, 2.24) is 5.32 Å². The molecule has 2 unspecified atom stereocenters. The molecule has 100 valence electrons. The first kappa shape index (κ1) is 13.3. The first-order valence-corrected chi connectivity index (χ1v) is 6.33. The van der Waals surface area contributed by atoms with E-state index in [0.29, 0.717) is 5.92 Å². The molecule has 0 aliphatic carbocycles. The average Bonchev–Trinajstić information content (AvgIpc) is 2.88. The van der Waals surface area contributed by atoms with Crippen LogP contribution < -0.4 is 10.1 Å². The normalized spacial score (nSPS) is 20.9. The Hall–Kier alpha value is -1.13. The summed E-state index contributed by atoms with van der Waals surface area (Å²) in [5.41, 5.74) is 0.961. The predicted molar refractivity (Wildman–Crippen MR) is 68.3 cm³/mol. The van der Waals surface area contributed by atoms with Gasteiger partial charge >= 0.3 is 0 Å². The van der Waals surface area contributed by atoms with E-state index in [-0.39, 0.29) is 17.6 Å². The van der Waals surface area contributed by atoms with Crippen LogP contribution in [0.15, 0.2) is 18.2 Å². The summed E-state index contributed by atoms with van der Waals surface area (Å²) in [5.74, 6) is 0.545. The highest BCUT2D eigenvalue weighted by Crippen LogP contribution is 2.28. The lowest BCUT2D eigenvalue weighted by Gasteiger charge is -2.20. The van der Waals surface area contributed by atoms with Crippen molar-refractivity contribution >= 4 is 0 Å². The largest absolute Gasteiger partial charge is 0.494 e. The standard InChI is InChI=1S/C14H20FNO2/c1-16-13(7-10-5-6-18-9-10)11-3-4-14(17-2)12(15)8-11/h3-4,8,10,13,16H,5-7,9H2,1-2H3. The Morgan fingerprint density at radius 2 is 2.39 bits per heavy atom. The monoisotopic (exact) mass is 253 g/mol. The molecule has 1 heterocycles. The second-order valence-electron chi connectivity index (χ2n) is 4.70. The van der Waals surface area contributed by atoms with Gasteiger partial charge in [-0.2, -0.15) is 0 Å². The first-order valence-electron chi connectivity index (χ1n) is 6.33. The molecule has 1 aliphatic heterocycles. The lowest BCUT2D eigenvalue weighted by Crippen LogP contribution is -2.20. The summed E-state index contributed by atoms with van der Waals surface area (Å²) in [4.78, 5) is 0. The Balaban J connectivity index is 2.08. The molecule has 1 aromatic carbocycles. The maximum atomic E-state index is 13.7. The highest BCUT2D eigenvalue weighted by molar-refractivity contribution is 5.31. The van der Waals surface area contributed by atoms with E-state index in [9.17, 15) is 4.39 Å². The van der Waals surface area contributed by atoms with Crippen molar-refractivity contribution in [3.63, 3.8) is 0 Å². The molecule has 1 aromatic rings. The molecule has 0 bridgehead atoms. The van der Waals surface area contributed by atoms with Gasteiger partial charge in [-0.1, -0.05) is 6.07 Å². The van der Waals surface area contributed by atoms with Gasteiger partial charge in [0, 0.05) is 19.3 Å². The fourth-order valence-electron chi connectivity index (χ4n) is 2.42. The van der Waals surface area contributed by atoms with E-state index in [1.54, 1.807) is 12.1 Å². The van der Waals surface area contributed by atoms with Gasteiger partial charge in [-0.3, -0.25) is 0 Å². The van der Waals surface area contributed by atoms with E-state index in [0.717, 1.165) is 31.6 Å². The number of benzene rings is 1. The van der Waals surface area contributed by atoms with Crippen LogP contribution in [-0.4, -0.2) is 27.4 Å². The minimum absolute atomic E-state index is 0.164. The molecule has 1 N–H and O–H groups in total.